The van der Waals surface area contributed by atoms with Crippen molar-refractivity contribution in [3.05, 3.63) is 0 Å². The number of carbonyl (C=O) groups excluding carboxylic acids is 2. The third-order valence-corrected chi connectivity index (χ3v) is 4.48. The molecule has 0 aromatic rings. The van der Waals surface area contributed by atoms with E-state index in [0.29, 0.717) is 24.9 Å². The maximum absolute atomic E-state index is 12.3. The van der Waals surface area contributed by atoms with Gasteiger partial charge in [-0.2, -0.15) is 0 Å². The van der Waals surface area contributed by atoms with Crippen LogP contribution in [0.3, 0.4) is 0 Å². The second kappa shape index (κ2) is 6.57. The third kappa shape index (κ3) is 4.20. The van der Waals surface area contributed by atoms with Crippen molar-refractivity contribution in [2.45, 2.75) is 52.0 Å². The Morgan fingerprint density at radius 2 is 2.00 bits per heavy atom. The second-order valence-electron chi connectivity index (χ2n) is 6.61. The minimum atomic E-state index is -0.375. The third-order valence-electron chi connectivity index (χ3n) is 4.48. The van der Waals surface area contributed by atoms with Gasteiger partial charge in [-0.1, -0.05) is 13.8 Å². The van der Waals surface area contributed by atoms with Crippen LogP contribution in [0.5, 0.6) is 0 Å². The van der Waals surface area contributed by atoms with E-state index in [2.05, 4.69) is 16.0 Å². The Hall–Kier alpha value is -1.10. The maximum Gasteiger partial charge on any atom is 0.225 e. The summed E-state index contributed by atoms with van der Waals surface area (Å²) < 4.78 is 0. The van der Waals surface area contributed by atoms with Crippen LogP contribution in [0.4, 0.5) is 0 Å². The van der Waals surface area contributed by atoms with Crippen molar-refractivity contribution in [2.24, 2.45) is 11.3 Å². The van der Waals surface area contributed by atoms with E-state index >= 15 is 0 Å². The van der Waals surface area contributed by atoms with Gasteiger partial charge in [0.2, 0.25) is 11.8 Å². The molecule has 1 saturated heterocycles. The molecular weight excluding hydrogens is 254 g/mol. The number of hydrogen-bond donors (Lipinski definition) is 3. The number of piperidine rings is 1. The summed E-state index contributed by atoms with van der Waals surface area (Å²) in [6.07, 6.45) is 4.79. The zero-order valence-corrected chi connectivity index (χ0v) is 12.6. The summed E-state index contributed by atoms with van der Waals surface area (Å²) in [5.74, 6) is 0.479. The van der Waals surface area contributed by atoms with Gasteiger partial charge in [-0.3, -0.25) is 9.59 Å². The van der Waals surface area contributed by atoms with Crippen LogP contribution in [0.1, 0.15) is 46.0 Å². The number of carbonyl (C=O) groups is 2. The molecule has 1 atom stereocenters. The Morgan fingerprint density at radius 1 is 1.25 bits per heavy atom. The Balaban J connectivity index is 1.70. The molecule has 0 radical (unpaired) electrons. The number of nitrogens with one attached hydrogen (secondary N) is 3. The smallest absolute Gasteiger partial charge is 0.225 e. The van der Waals surface area contributed by atoms with Crippen molar-refractivity contribution in [1.82, 2.24) is 16.0 Å². The average Bonchev–Trinajstić information content (AvgIpc) is 3.23. The summed E-state index contributed by atoms with van der Waals surface area (Å²) >= 11 is 0. The van der Waals surface area contributed by atoms with Gasteiger partial charge >= 0.3 is 0 Å². The Bertz CT molecular complexity index is 358. The molecule has 1 saturated carbocycles. The summed E-state index contributed by atoms with van der Waals surface area (Å²) in [5.41, 5.74) is -0.375. The Morgan fingerprint density at radius 3 is 2.60 bits per heavy atom. The molecule has 1 heterocycles. The highest BCUT2D eigenvalue weighted by Gasteiger charge is 2.37. The molecule has 1 aliphatic heterocycles. The molecule has 1 unspecified atom stereocenters. The van der Waals surface area contributed by atoms with Crippen molar-refractivity contribution in [2.75, 3.05) is 19.6 Å². The monoisotopic (exact) mass is 281 g/mol. The fourth-order valence-electron chi connectivity index (χ4n) is 2.70. The van der Waals surface area contributed by atoms with E-state index in [-0.39, 0.29) is 17.2 Å². The van der Waals surface area contributed by atoms with Gasteiger partial charge in [0.1, 0.15) is 0 Å². The fraction of sp³-hybridized carbons (Fsp3) is 0.867. The molecule has 2 aliphatic rings. The summed E-state index contributed by atoms with van der Waals surface area (Å²) in [6, 6.07) is 0.392. The number of hydrogen-bond acceptors (Lipinski definition) is 3. The predicted molar refractivity (Wildman–Crippen MR) is 78.2 cm³/mol. The van der Waals surface area contributed by atoms with Crippen LogP contribution in [-0.4, -0.2) is 37.5 Å². The van der Waals surface area contributed by atoms with Gasteiger partial charge in [-0.25, -0.2) is 0 Å². The van der Waals surface area contributed by atoms with Gasteiger partial charge < -0.3 is 16.0 Å². The second-order valence-corrected chi connectivity index (χ2v) is 6.61. The summed E-state index contributed by atoms with van der Waals surface area (Å²) in [5, 5.41) is 9.20. The molecule has 0 aromatic heterocycles. The molecule has 0 spiro atoms. The van der Waals surface area contributed by atoms with Crippen molar-refractivity contribution < 1.29 is 9.59 Å². The van der Waals surface area contributed by atoms with Gasteiger partial charge in [-0.05, 0) is 44.7 Å². The number of rotatable bonds is 6. The Kier molecular flexibility index (Phi) is 5.02. The largest absolute Gasteiger partial charge is 0.355 e. The number of amides is 2. The quantitative estimate of drug-likeness (QED) is 0.674. The molecule has 2 rings (SSSR count). The highest BCUT2D eigenvalue weighted by atomic mass is 16.2. The van der Waals surface area contributed by atoms with Gasteiger partial charge in [-0.15, -0.1) is 0 Å². The van der Waals surface area contributed by atoms with Gasteiger partial charge in [0.25, 0.3) is 0 Å². The fourth-order valence-corrected chi connectivity index (χ4v) is 2.70. The highest BCUT2D eigenvalue weighted by Crippen LogP contribution is 2.31. The van der Waals surface area contributed by atoms with E-state index in [4.69, 9.17) is 0 Å². The van der Waals surface area contributed by atoms with Crippen LogP contribution in [-0.2, 0) is 9.59 Å². The highest BCUT2D eigenvalue weighted by molar-refractivity contribution is 5.83. The van der Waals surface area contributed by atoms with Crippen LogP contribution in [0.25, 0.3) is 0 Å². The first kappa shape index (κ1) is 15.3. The first-order valence-electron chi connectivity index (χ1n) is 7.78. The first-order valence-corrected chi connectivity index (χ1v) is 7.78. The van der Waals surface area contributed by atoms with Crippen molar-refractivity contribution >= 4 is 11.8 Å². The van der Waals surface area contributed by atoms with Gasteiger partial charge in [0.05, 0.1) is 0 Å². The molecule has 3 N–H and O–H groups in total. The van der Waals surface area contributed by atoms with Crippen LogP contribution < -0.4 is 16.0 Å². The molecule has 5 nitrogen and oxygen atoms in total. The van der Waals surface area contributed by atoms with Crippen molar-refractivity contribution in [3.63, 3.8) is 0 Å². The minimum absolute atomic E-state index is 0.0462. The zero-order valence-electron chi connectivity index (χ0n) is 12.6. The van der Waals surface area contributed by atoms with E-state index in [1.807, 2.05) is 13.8 Å². The van der Waals surface area contributed by atoms with Crippen LogP contribution in [0, 0.1) is 11.3 Å². The molecule has 114 valence electrons. The van der Waals surface area contributed by atoms with E-state index in [1.54, 1.807) is 0 Å². The van der Waals surface area contributed by atoms with Crippen LogP contribution in [0.15, 0.2) is 0 Å². The van der Waals surface area contributed by atoms with Crippen LogP contribution in [0.2, 0.25) is 0 Å². The van der Waals surface area contributed by atoms with Crippen LogP contribution >= 0.6 is 0 Å². The molecular formula is C15H27N3O2. The van der Waals surface area contributed by atoms with Crippen molar-refractivity contribution in [3.8, 4) is 0 Å². The zero-order chi connectivity index (χ0) is 14.6. The lowest BCUT2D eigenvalue weighted by Crippen LogP contribution is -2.47. The lowest BCUT2D eigenvalue weighted by Gasteiger charge is -2.36. The molecule has 0 aromatic carbocycles. The predicted octanol–water partition coefficient (Wildman–Crippen LogP) is 0.797. The standard InChI is InChI=1S/C15H27N3O2/c1-15(2,11-4-3-8-16-10-11)14(20)17-9-7-13(19)18-12-5-6-12/h11-12,16H,3-10H2,1-2H3,(H,17,20)(H,18,19). The molecule has 0 bridgehead atoms. The Labute approximate surface area is 121 Å². The maximum atomic E-state index is 12.3. The lowest BCUT2D eigenvalue weighted by atomic mass is 9.74. The first-order chi connectivity index (χ1) is 9.50. The summed E-state index contributed by atoms with van der Waals surface area (Å²) in [4.78, 5) is 23.9. The summed E-state index contributed by atoms with van der Waals surface area (Å²) in [7, 11) is 0. The van der Waals surface area contributed by atoms with E-state index in [0.717, 1.165) is 38.8 Å². The van der Waals surface area contributed by atoms with E-state index in [9.17, 15) is 9.59 Å². The molecule has 2 fully saturated rings. The van der Waals surface area contributed by atoms with E-state index in [1.165, 1.54) is 0 Å². The molecule has 2 amide bonds. The van der Waals surface area contributed by atoms with Gasteiger partial charge in [0, 0.05) is 24.4 Å². The molecule has 1 aliphatic carbocycles. The average molecular weight is 281 g/mol. The van der Waals surface area contributed by atoms with Crippen molar-refractivity contribution in [1.29, 1.82) is 0 Å². The topological polar surface area (TPSA) is 70.2 Å². The minimum Gasteiger partial charge on any atom is -0.355 e. The lowest BCUT2D eigenvalue weighted by molar-refractivity contribution is -0.132. The molecule has 5 heteroatoms. The van der Waals surface area contributed by atoms with Gasteiger partial charge in [0.15, 0.2) is 0 Å². The summed E-state index contributed by atoms with van der Waals surface area (Å²) in [6.45, 7) is 6.40. The normalized spacial score (nSPS) is 23.2. The van der Waals surface area contributed by atoms with E-state index < -0.39 is 0 Å². The molecule has 20 heavy (non-hydrogen) atoms. The SMILES string of the molecule is CC(C)(C(=O)NCCC(=O)NC1CC1)C1CCCNC1.